The lowest BCUT2D eigenvalue weighted by Crippen LogP contribution is -2.22. The molecule has 0 radical (unpaired) electrons. The minimum absolute atomic E-state index is 0.0599. The van der Waals surface area contributed by atoms with Gasteiger partial charge < -0.3 is 4.98 Å². The van der Waals surface area contributed by atoms with Crippen LogP contribution in [0.25, 0.3) is 0 Å². The van der Waals surface area contributed by atoms with E-state index in [-0.39, 0.29) is 22.7 Å². The van der Waals surface area contributed by atoms with Gasteiger partial charge in [0, 0.05) is 17.5 Å². The van der Waals surface area contributed by atoms with Crippen molar-refractivity contribution < 1.29 is 4.79 Å². The van der Waals surface area contributed by atoms with E-state index >= 15 is 0 Å². The van der Waals surface area contributed by atoms with Crippen LogP contribution in [0.5, 0.6) is 0 Å². The number of carbonyl (C=O) groups excluding carboxylic acids is 1. The normalized spacial score (nSPS) is 14.6. The largest absolute Gasteiger partial charge is 0.335 e. The van der Waals surface area contributed by atoms with Crippen LogP contribution in [0.15, 0.2) is 16.0 Å². The van der Waals surface area contributed by atoms with Gasteiger partial charge in [0.25, 0.3) is 5.56 Å². The van der Waals surface area contributed by atoms with Crippen molar-refractivity contribution >= 4 is 23.8 Å². The molecule has 0 aromatic carbocycles. The number of H-pyrrole nitrogens is 2. The number of carbonyl (C=O) groups is 1. The van der Waals surface area contributed by atoms with E-state index in [4.69, 9.17) is 12.2 Å². The van der Waals surface area contributed by atoms with Crippen LogP contribution in [0, 0.1) is 4.77 Å². The van der Waals surface area contributed by atoms with Crippen molar-refractivity contribution in [3.05, 3.63) is 26.9 Å². The summed E-state index contributed by atoms with van der Waals surface area (Å²) in [4.78, 5) is 27.9. The van der Waals surface area contributed by atoms with E-state index in [0.717, 1.165) is 31.4 Å². The molecular weight excluding hydrogens is 252 g/mol. The molecule has 1 heterocycles. The van der Waals surface area contributed by atoms with Crippen LogP contribution in [0.1, 0.15) is 31.4 Å². The summed E-state index contributed by atoms with van der Waals surface area (Å²) in [6.07, 6.45) is 4.23. The molecule has 0 saturated heterocycles. The standard InChI is InChI=1S/C11H14N4O2S/c16-9-5-8(12-11(18)13-9)6-10(17)15-14-7-3-1-2-4-7/h5H,1-4,6H2,(H,15,17)(H2,12,13,16,18). The molecule has 1 saturated carbocycles. The molecule has 96 valence electrons. The van der Waals surface area contributed by atoms with Gasteiger partial charge >= 0.3 is 0 Å². The van der Waals surface area contributed by atoms with Crippen LogP contribution in [0.2, 0.25) is 0 Å². The summed E-state index contributed by atoms with van der Waals surface area (Å²) in [5.41, 5.74) is 3.69. The number of hydrogen-bond donors (Lipinski definition) is 3. The van der Waals surface area contributed by atoms with Crippen LogP contribution in [0.3, 0.4) is 0 Å². The molecule has 3 N–H and O–H groups in total. The van der Waals surface area contributed by atoms with Crippen molar-refractivity contribution in [2.75, 3.05) is 0 Å². The number of hydrazone groups is 1. The fourth-order valence-electron chi connectivity index (χ4n) is 1.86. The van der Waals surface area contributed by atoms with Crippen LogP contribution in [-0.4, -0.2) is 21.6 Å². The van der Waals surface area contributed by atoms with E-state index in [9.17, 15) is 9.59 Å². The lowest BCUT2D eigenvalue weighted by molar-refractivity contribution is -0.120. The van der Waals surface area contributed by atoms with Gasteiger partial charge in [0.1, 0.15) is 0 Å². The molecule has 1 aliphatic rings. The maximum absolute atomic E-state index is 11.6. The number of nitrogens with zero attached hydrogens (tertiary/aromatic N) is 1. The second kappa shape index (κ2) is 5.72. The Balaban J connectivity index is 1.96. The van der Waals surface area contributed by atoms with Crippen molar-refractivity contribution in [2.24, 2.45) is 5.10 Å². The molecule has 0 unspecified atom stereocenters. The van der Waals surface area contributed by atoms with Crippen molar-refractivity contribution in [1.82, 2.24) is 15.4 Å². The smallest absolute Gasteiger partial charge is 0.251 e. The van der Waals surface area contributed by atoms with Gasteiger partial charge in [-0.3, -0.25) is 14.6 Å². The molecule has 7 heteroatoms. The first-order valence-corrected chi connectivity index (χ1v) is 6.21. The topological polar surface area (TPSA) is 90.1 Å². The Morgan fingerprint density at radius 1 is 1.39 bits per heavy atom. The molecule has 6 nitrogen and oxygen atoms in total. The summed E-state index contributed by atoms with van der Waals surface area (Å²) in [6.45, 7) is 0. The fraction of sp³-hybridized carbons (Fsp3) is 0.455. The fourth-order valence-corrected chi connectivity index (χ4v) is 2.10. The number of nitrogens with one attached hydrogen (secondary N) is 3. The average Bonchev–Trinajstić information content (AvgIpc) is 2.77. The lowest BCUT2D eigenvalue weighted by Gasteiger charge is -2.01. The van der Waals surface area contributed by atoms with Gasteiger partial charge in [0.15, 0.2) is 4.77 Å². The molecule has 1 fully saturated rings. The zero-order chi connectivity index (χ0) is 13.0. The van der Waals surface area contributed by atoms with E-state index in [1.54, 1.807) is 0 Å². The first-order chi connectivity index (χ1) is 8.63. The molecule has 0 aliphatic heterocycles. The lowest BCUT2D eigenvalue weighted by atomic mass is 10.3. The van der Waals surface area contributed by atoms with Crippen molar-refractivity contribution in [2.45, 2.75) is 32.1 Å². The van der Waals surface area contributed by atoms with Crippen molar-refractivity contribution in [3.8, 4) is 0 Å². The third-order valence-electron chi connectivity index (χ3n) is 2.69. The van der Waals surface area contributed by atoms with Gasteiger partial charge in [-0.2, -0.15) is 5.10 Å². The van der Waals surface area contributed by atoms with Gasteiger partial charge in [0.05, 0.1) is 6.42 Å². The summed E-state index contributed by atoms with van der Waals surface area (Å²) in [5, 5.41) is 4.06. The predicted octanol–water partition coefficient (Wildman–Crippen LogP) is 1.02. The molecule has 0 atom stereocenters. The van der Waals surface area contributed by atoms with Gasteiger partial charge in [-0.05, 0) is 37.9 Å². The van der Waals surface area contributed by atoms with Crippen molar-refractivity contribution in [3.63, 3.8) is 0 Å². The highest BCUT2D eigenvalue weighted by Gasteiger charge is 2.09. The predicted molar refractivity (Wildman–Crippen MR) is 70.0 cm³/mol. The number of hydrogen-bond acceptors (Lipinski definition) is 4. The minimum Gasteiger partial charge on any atom is -0.335 e. The number of amides is 1. The molecule has 1 aliphatic carbocycles. The second-order valence-corrected chi connectivity index (χ2v) is 4.62. The van der Waals surface area contributed by atoms with E-state index in [1.807, 2.05) is 0 Å². The molecule has 1 amide bonds. The van der Waals surface area contributed by atoms with Crippen LogP contribution >= 0.6 is 12.2 Å². The Hall–Kier alpha value is -1.76. The molecule has 2 rings (SSSR count). The van der Waals surface area contributed by atoms with E-state index in [2.05, 4.69) is 20.5 Å². The quantitative estimate of drug-likeness (QED) is 0.563. The van der Waals surface area contributed by atoms with E-state index in [0.29, 0.717) is 5.69 Å². The Morgan fingerprint density at radius 2 is 2.11 bits per heavy atom. The Labute approximate surface area is 109 Å². The van der Waals surface area contributed by atoms with Crippen LogP contribution < -0.4 is 11.0 Å². The molecule has 18 heavy (non-hydrogen) atoms. The molecule has 1 aromatic rings. The summed E-state index contributed by atoms with van der Waals surface area (Å²) in [6, 6.07) is 1.32. The maximum Gasteiger partial charge on any atom is 0.251 e. The number of rotatable bonds is 3. The van der Waals surface area contributed by atoms with Gasteiger partial charge in [-0.15, -0.1) is 0 Å². The number of aromatic nitrogens is 2. The highest BCUT2D eigenvalue weighted by atomic mass is 32.1. The highest BCUT2D eigenvalue weighted by Crippen LogP contribution is 2.13. The summed E-state index contributed by atoms with van der Waals surface area (Å²) in [5.74, 6) is -0.259. The summed E-state index contributed by atoms with van der Waals surface area (Å²) in [7, 11) is 0. The van der Waals surface area contributed by atoms with Crippen LogP contribution in [0.4, 0.5) is 0 Å². The van der Waals surface area contributed by atoms with Crippen molar-refractivity contribution in [1.29, 1.82) is 0 Å². The monoisotopic (exact) mass is 266 g/mol. The SMILES string of the molecule is O=C(Cc1cc(=O)[nH]c(=S)[nH]1)NN=C1CCCC1. The second-order valence-electron chi connectivity index (χ2n) is 4.21. The van der Waals surface area contributed by atoms with Crippen LogP contribution in [-0.2, 0) is 11.2 Å². The van der Waals surface area contributed by atoms with Gasteiger partial charge in [-0.25, -0.2) is 5.43 Å². The Bertz CT molecular complexity index is 551. The van der Waals surface area contributed by atoms with E-state index in [1.165, 1.54) is 6.07 Å². The third kappa shape index (κ3) is 3.63. The van der Waals surface area contributed by atoms with E-state index < -0.39 is 0 Å². The zero-order valence-electron chi connectivity index (χ0n) is 9.78. The number of aromatic amines is 2. The third-order valence-corrected chi connectivity index (χ3v) is 2.89. The zero-order valence-corrected chi connectivity index (χ0v) is 10.6. The Morgan fingerprint density at radius 3 is 2.78 bits per heavy atom. The van der Waals surface area contributed by atoms with Gasteiger partial charge in [-0.1, -0.05) is 0 Å². The summed E-state index contributed by atoms with van der Waals surface area (Å²) >= 11 is 4.82. The minimum atomic E-state index is -0.316. The molecule has 1 aromatic heterocycles. The highest BCUT2D eigenvalue weighted by molar-refractivity contribution is 7.71. The van der Waals surface area contributed by atoms with Gasteiger partial charge in [0.2, 0.25) is 5.91 Å². The molecule has 0 spiro atoms. The first-order valence-electron chi connectivity index (χ1n) is 5.80. The maximum atomic E-state index is 11.6. The Kier molecular flexibility index (Phi) is 4.03. The molecule has 0 bridgehead atoms. The molecular formula is C11H14N4O2S. The first kappa shape index (κ1) is 12.7. The average molecular weight is 266 g/mol. The summed E-state index contributed by atoms with van der Waals surface area (Å²) < 4.78 is 0.215.